The molecule has 23 heavy (non-hydrogen) atoms. The molecule has 0 heterocycles. The van der Waals surface area contributed by atoms with E-state index < -0.39 is 11.9 Å². The van der Waals surface area contributed by atoms with Crippen LogP contribution in [0.5, 0.6) is 0 Å². The Labute approximate surface area is 134 Å². The van der Waals surface area contributed by atoms with Gasteiger partial charge in [0, 0.05) is 11.3 Å². The van der Waals surface area contributed by atoms with Gasteiger partial charge in [-0.15, -0.1) is 0 Å². The summed E-state index contributed by atoms with van der Waals surface area (Å²) in [5, 5.41) is 11.3. The Bertz CT molecular complexity index is 681. The molecular formula is C17H19N3O3. The summed E-state index contributed by atoms with van der Waals surface area (Å²) in [5.74, 6) is -0.823. The Kier molecular flexibility index (Phi) is 5.46. The molecule has 2 rings (SSSR count). The van der Waals surface area contributed by atoms with Crippen molar-refractivity contribution in [3.8, 4) is 0 Å². The molecule has 2 aromatic rings. The fourth-order valence-corrected chi connectivity index (χ4v) is 2.06. The largest absolute Gasteiger partial charge is 0.322 e. The van der Waals surface area contributed by atoms with Gasteiger partial charge in [-0.25, -0.2) is 5.48 Å². The fourth-order valence-electron chi connectivity index (χ4n) is 2.06. The van der Waals surface area contributed by atoms with Crippen molar-refractivity contribution in [1.82, 2.24) is 5.48 Å². The van der Waals surface area contributed by atoms with Gasteiger partial charge in [0.1, 0.15) is 0 Å². The summed E-state index contributed by atoms with van der Waals surface area (Å²) in [7, 11) is 0. The number of hydroxylamine groups is 1. The summed E-state index contributed by atoms with van der Waals surface area (Å²) < 4.78 is 0. The normalized spacial score (nSPS) is 11.6. The van der Waals surface area contributed by atoms with Gasteiger partial charge in [-0.1, -0.05) is 29.8 Å². The van der Waals surface area contributed by atoms with Crippen LogP contribution in [0.25, 0.3) is 0 Å². The van der Waals surface area contributed by atoms with Crippen LogP contribution < -0.4 is 16.5 Å². The lowest BCUT2D eigenvalue weighted by atomic mass is 10.1. The molecule has 0 unspecified atom stereocenters. The standard InChI is InChI=1S/C17H19N3O3/c1-11-2-6-13(7-3-11)16(21)19-14-8-4-12(5-9-14)10-15(18)17(22)20-23/h2-9,15,23H,10,18H2,1H3,(H,19,21)(H,20,22)/t15-/m0/s1. The maximum absolute atomic E-state index is 12.1. The van der Waals surface area contributed by atoms with Crippen LogP contribution in [-0.4, -0.2) is 23.1 Å². The maximum atomic E-state index is 12.1. The molecule has 6 nitrogen and oxygen atoms in total. The number of benzene rings is 2. The molecule has 0 aliphatic rings. The summed E-state index contributed by atoms with van der Waals surface area (Å²) in [6.07, 6.45) is 0.290. The van der Waals surface area contributed by atoms with Crippen molar-refractivity contribution in [3.05, 3.63) is 65.2 Å². The van der Waals surface area contributed by atoms with Gasteiger partial charge >= 0.3 is 0 Å². The van der Waals surface area contributed by atoms with Gasteiger partial charge in [0.2, 0.25) is 0 Å². The average molecular weight is 313 g/mol. The number of carbonyl (C=O) groups is 2. The number of hydrogen-bond donors (Lipinski definition) is 4. The van der Waals surface area contributed by atoms with Crippen LogP contribution >= 0.6 is 0 Å². The number of anilines is 1. The highest BCUT2D eigenvalue weighted by Crippen LogP contribution is 2.13. The zero-order valence-corrected chi connectivity index (χ0v) is 12.7. The smallest absolute Gasteiger partial charge is 0.260 e. The lowest BCUT2D eigenvalue weighted by Gasteiger charge is -2.10. The first-order valence-corrected chi connectivity index (χ1v) is 7.16. The predicted molar refractivity (Wildman–Crippen MR) is 87.2 cm³/mol. The van der Waals surface area contributed by atoms with Crippen LogP contribution in [0.1, 0.15) is 21.5 Å². The maximum Gasteiger partial charge on any atom is 0.260 e. The first-order valence-electron chi connectivity index (χ1n) is 7.16. The molecule has 0 saturated carbocycles. The molecule has 5 N–H and O–H groups in total. The summed E-state index contributed by atoms with van der Waals surface area (Å²) in [5.41, 5.74) is 10.3. The van der Waals surface area contributed by atoms with E-state index in [1.54, 1.807) is 36.4 Å². The Balaban J connectivity index is 1.98. The first-order chi connectivity index (χ1) is 11.0. The SMILES string of the molecule is Cc1ccc(C(=O)Nc2ccc(C[C@H](N)C(=O)NO)cc2)cc1. The van der Waals surface area contributed by atoms with E-state index in [1.165, 1.54) is 5.48 Å². The third kappa shape index (κ3) is 4.64. The van der Waals surface area contributed by atoms with Crippen molar-refractivity contribution < 1.29 is 14.8 Å². The summed E-state index contributed by atoms with van der Waals surface area (Å²) in [6, 6.07) is 13.5. The van der Waals surface area contributed by atoms with Crippen LogP contribution in [-0.2, 0) is 11.2 Å². The van der Waals surface area contributed by atoms with Gasteiger partial charge in [-0.3, -0.25) is 14.8 Å². The van der Waals surface area contributed by atoms with Crippen molar-refractivity contribution in [2.24, 2.45) is 5.73 Å². The van der Waals surface area contributed by atoms with E-state index in [0.29, 0.717) is 17.7 Å². The van der Waals surface area contributed by atoms with Crippen molar-refractivity contribution in [2.75, 3.05) is 5.32 Å². The number of nitrogens with two attached hydrogens (primary N) is 1. The van der Waals surface area contributed by atoms with Gasteiger partial charge < -0.3 is 11.1 Å². The van der Waals surface area contributed by atoms with Crippen molar-refractivity contribution in [2.45, 2.75) is 19.4 Å². The van der Waals surface area contributed by atoms with Crippen molar-refractivity contribution >= 4 is 17.5 Å². The van der Waals surface area contributed by atoms with E-state index in [-0.39, 0.29) is 5.91 Å². The number of aryl methyl sites for hydroxylation is 1. The molecule has 0 aliphatic heterocycles. The van der Waals surface area contributed by atoms with Crippen LogP contribution in [0.3, 0.4) is 0 Å². The number of amides is 2. The minimum atomic E-state index is -0.826. The average Bonchev–Trinajstić information content (AvgIpc) is 2.56. The second kappa shape index (κ2) is 7.53. The van der Waals surface area contributed by atoms with Gasteiger partial charge in [0.05, 0.1) is 6.04 Å². The van der Waals surface area contributed by atoms with E-state index in [4.69, 9.17) is 10.9 Å². The Morgan fingerprint density at radius 3 is 2.26 bits per heavy atom. The van der Waals surface area contributed by atoms with E-state index in [1.807, 2.05) is 19.1 Å². The highest BCUT2D eigenvalue weighted by Gasteiger charge is 2.13. The minimum Gasteiger partial charge on any atom is -0.322 e. The Morgan fingerprint density at radius 1 is 1.09 bits per heavy atom. The summed E-state index contributed by atoms with van der Waals surface area (Å²) in [4.78, 5) is 23.3. The number of carbonyl (C=O) groups excluding carboxylic acids is 2. The van der Waals surface area contributed by atoms with E-state index >= 15 is 0 Å². The quantitative estimate of drug-likeness (QED) is 0.497. The van der Waals surface area contributed by atoms with Gasteiger partial charge in [0.15, 0.2) is 0 Å². The van der Waals surface area contributed by atoms with Crippen molar-refractivity contribution in [1.29, 1.82) is 0 Å². The molecule has 2 aromatic carbocycles. The Hall–Kier alpha value is -2.70. The molecule has 0 aromatic heterocycles. The monoisotopic (exact) mass is 313 g/mol. The molecule has 0 aliphatic carbocycles. The van der Waals surface area contributed by atoms with Crippen LogP contribution in [0.4, 0.5) is 5.69 Å². The van der Waals surface area contributed by atoms with E-state index in [0.717, 1.165) is 11.1 Å². The topological polar surface area (TPSA) is 104 Å². The minimum absolute atomic E-state index is 0.186. The highest BCUT2D eigenvalue weighted by atomic mass is 16.5. The van der Waals surface area contributed by atoms with E-state index in [9.17, 15) is 9.59 Å². The number of nitrogens with one attached hydrogen (secondary N) is 2. The lowest BCUT2D eigenvalue weighted by Crippen LogP contribution is -2.40. The first kappa shape index (κ1) is 16.7. The fraction of sp³-hybridized carbons (Fsp3) is 0.176. The molecule has 0 spiro atoms. The second-order valence-electron chi connectivity index (χ2n) is 5.30. The Morgan fingerprint density at radius 2 is 1.70 bits per heavy atom. The molecule has 0 radical (unpaired) electrons. The molecule has 2 amide bonds. The number of hydrogen-bond acceptors (Lipinski definition) is 4. The summed E-state index contributed by atoms with van der Waals surface area (Å²) >= 11 is 0. The zero-order chi connectivity index (χ0) is 16.8. The molecule has 6 heteroatoms. The molecule has 120 valence electrons. The summed E-state index contributed by atoms with van der Waals surface area (Å²) in [6.45, 7) is 1.96. The molecule has 0 saturated heterocycles. The van der Waals surface area contributed by atoms with Crippen LogP contribution in [0.15, 0.2) is 48.5 Å². The lowest BCUT2D eigenvalue weighted by molar-refractivity contribution is -0.130. The molecule has 0 fully saturated rings. The van der Waals surface area contributed by atoms with Gasteiger partial charge in [-0.2, -0.15) is 0 Å². The third-order valence-electron chi connectivity index (χ3n) is 3.43. The zero-order valence-electron chi connectivity index (χ0n) is 12.7. The van der Waals surface area contributed by atoms with Crippen molar-refractivity contribution in [3.63, 3.8) is 0 Å². The van der Waals surface area contributed by atoms with E-state index in [2.05, 4.69) is 5.32 Å². The van der Waals surface area contributed by atoms with Crippen LogP contribution in [0.2, 0.25) is 0 Å². The predicted octanol–water partition coefficient (Wildman–Crippen LogP) is 1.62. The second-order valence-corrected chi connectivity index (χ2v) is 5.30. The number of rotatable bonds is 5. The van der Waals surface area contributed by atoms with Gasteiger partial charge in [0.25, 0.3) is 11.8 Å². The third-order valence-corrected chi connectivity index (χ3v) is 3.43. The molecule has 0 bridgehead atoms. The van der Waals surface area contributed by atoms with Crippen LogP contribution in [0, 0.1) is 6.92 Å². The highest BCUT2D eigenvalue weighted by molar-refractivity contribution is 6.04. The molecular weight excluding hydrogens is 294 g/mol. The van der Waals surface area contributed by atoms with Gasteiger partial charge in [-0.05, 0) is 43.2 Å². The molecule has 1 atom stereocenters.